The molecule has 0 aliphatic heterocycles. The molecule has 0 fully saturated rings. The van der Waals surface area contributed by atoms with Gasteiger partial charge in [0.2, 0.25) is 0 Å². The average Bonchev–Trinajstić information content (AvgIpc) is 2.09. The van der Waals surface area contributed by atoms with Crippen LogP contribution >= 0.6 is 0 Å². The summed E-state index contributed by atoms with van der Waals surface area (Å²) in [5, 5.41) is 2.38. The zero-order valence-electron chi connectivity index (χ0n) is 9.02. The van der Waals surface area contributed by atoms with Gasteiger partial charge in [-0.25, -0.2) is 4.79 Å². The lowest BCUT2D eigenvalue weighted by Gasteiger charge is -2.20. The van der Waals surface area contributed by atoms with Gasteiger partial charge in [-0.1, -0.05) is 20.8 Å². The number of halogens is 3. The average molecular weight is 227 g/mol. The number of amides is 1. The zero-order valence-corrected chi connectivity index (χ0v) is 9.02. The van der Waals surface area contributed by atoms with E-state index in [-0.39, 0.29) is 12.0 Å². The summed E-state index contributed by atoms with van der Waals surface area (Å²) in [6, 6.07) is -0.161. The maximum Gasteiger partial charge on any atom is 0.422 e. The number of carbonyl (C=O) groups is 1. The summed E-state index contributed by atoms with van der Waals surface area (Å²) in [4.78, 5) is 10.9. The van der Waals surface area contributed by atoms with E-state index >= 15 is 0 Å². The fourth-order valence-electron chi connectivity index (χ4n) is 1.08. The van der Waals surface area contributed by atoms with Gasteiger partial charge in [-0.15, -0.1) is 0 Å². The molecule has 0 bridgehead atoms. The maximum absolute atomic E-state index is 11.7. The van der Waals surface area contributed by atoms with Crippen molar-refractivity contribution >= 4 is 6.09 Å². The Labute approximate surface area is 87.0 Å². The molecule has 0 radical (unpaired) electrons. The lowest BCUT2D eigenvalue weighted by molar-refractivity contribution is -0.160. The molecule has 0 aromatic rings. The van der Waals surface area contributed by atoms with E-state index < -0.39 is 18.9 Å². The highest BCUT2D eigenvalue weighted by Gasteiger charge is 2.30. The van der Waals surface area contributed by atoms with Gasteiger partial charge >= 0.3 is 12.3 Å². The molecule has 1 amide bonds. The van der Waals surface area contributed by atoms with Gasteiger partial charge in [-0.05, 0) is 12.3 Å². The Hall–Kier alpha value is -0.940. The molecule has 1 N–H and O–H groups in total. The van der Waals surface area contributed by atoms with Gasteiger partial charge in [-0.3, -0.25) is 0 Å². The summed E-state index contributed by atoms with van der Waals surface area (Å²) in [5.41, 5.74) is 0. The van der Waals surface area contributed by atoms with Crippen LogP contribution in [0.1, 0.15) is 27.2 Å². The van der Waals surface area contributed by atoms with Gasteiger partial charge < -0.3 is 10.1 Å². The van der Waals surface area contributed by atoms with Gasteiger partial charge in [0.05, 0.1) is 0 Å². The van der Waals surface area contributed by atoms with Gasteiger partial charge in [0, 0.05) is 6.04 Å². The summed E-state index contributed by atoms with van der Waals surface area (Å²) in [7, 11) is 0. The Kier molecular flexibility index (Phi) is 5.46. The number of alkyl carbamates (subject to hydrolysis) is 1. The summed E-state index contributed by atoms with van der Waals surface area (Å²) < 4.78 is 39.1. The van der Waals surface area contributed by atoms with E-state index in [1.54, 1.807) is 0 Å². The zero-order chi connectivity index (χ0) is 12.1. The van der Waals surface area contributed by atoms with Crippen molar-refractivity contribution in [2.24, 2.45) is 5.92 Å². The molecule has 6 heteroatoms. The largest absolute Gasteiger partial charge is 0.440 e. The molecule has 0 saturated carbocycles. The van der Waals surface area contributed by atoms with E-state index in [1.165, 1.54) is 0 Å². The van der Waals surface area contributed by atoms with Crippen molar-refractivity contribution in [3.63, 3.8) is 0 Å². The van der Waals surface area contributed by atoms with Crippen LogP contribution in [0.3, 0.4) is 0 Å². The Balaban J connectivity index is 3.92. The Bertz CT molecular complexity index is 204. The quantitative estimate of drug-likeness (QED) is 0.801. The number of hydrogen-bond donors (Lipinski definition) is 1. The van der Waals surface area contributed by atoms with Crippen molar-refractivity contribution < 1.29 is 22.7 Å². The van der Waals surface area contributed by atoms with Crippen LogP contribution < -0.4 is 5.32 Å². The van der Waals surface area contributed by atoms with E-state index in [1.807, 2.05) is 20.8 Å². The summed E-state index contributed by atoms with van der Waals surface area (Å²) in [5.74, 6) is 0.161. The molecule has 0 aromatic heterocycles. The standard InChI is InChI=1S/C9H16F3NO2/c1-4-7(6(2)3)13-8(14)15-5-9(10,11)12/h6-7H,4-5H2,1-3H3,(H,13,14)/t7-/m1/s1. The molecule has 0 spiro atoms. The van der Waals surface area contributed by atoms with Gasteiger partial charge in [0.25, 0.3) is 0 Å². The number of hydrogen-bond acceptors (Lipinski definition) is 2. The third kappa shape index (κ3) is 7.04. The minimum absolute atomic E-state index is 0.161. The minimum atomic E-state index is -4.48. The van der Waals surface area contributed by atoms with Crippen LogP contribution in [0.4, 0.5) is 18.0 Å². The maximum atomic E-state index is 11.7. The summed E-state index contributed by atoms with van der Waals surface area (Å²) in [6.45, 7) is 4.04. The highest BCUT2D eigenvalue weighted by Crippen LogP contribution is 2.14. The van der Waals surface area contributed by atoms with Crippen molar-refractivity contribution in [3.8, 4) is 0 Å². The van der Waals surface area contributed by atoms with Crippen molar-refractivity contribution in [1.82, 2.24) is 5.32 Å². The first kappa shape index (κ1) is 14.1. The molecule has 0 aliphatic carbocycles. The Morgan fingerprint density at radius 2 is 1.93 bits per heavy atom. The third-order valence-corrected chi connectivity index (χ3v) is 1.91. The van der Waals surface area contributed by atoms with Crippen LogP contribution in [0, 0.1) is 5.92 Å². The van der Waals surface area contributed by atoms with Gasteiger partial charge in [-0.2, -0.15) is 13.2 Å². The molecule has 0 saturated heterocycles. The van der Waals surface area contributed by atoms with Crippen LogP contribution in [0.5, 0.6) is 0 Å². The third-order valence-electron chi connectivity index (χ3n) is 1.91. The molecular weight excluding hydrogens is 211 g/mol. The second kappa shape index (κ2) is 5.82. The SMILES string of the molecule is CC[C@@H](NC(=O)OCC(F)(F)F)C(C)C. The van der Waals surface area contributed by atoms with Gasteiger partial charge in [0.1, 0.15) is 0 Å². The fourth-order valence-corrected chi connectivity index (χ4v) is 1.08. The Morgan fingerprint density at radius 1 is 1.40 bits per heavy atom. The predicted octanol–water partition coefficient (Wildman–Crippen LogP) is 2.71. The van der Waals surface area contributed by atoms with E-state index in [0.717, 1.165) is 0 Å². The number of carbonyl (C=O) groups excluding carboxylic acids is 1. The number of ether oxygens (including phenoxy) is 1. The van der Waals surface area contributed by atoms with Crippen molar-refractivity contribution in [3.05, 3.63) is 0 Å². The minimum Gasteiger partial charge on any atom is -0.440 e. The summed E-state index contributed by atoms with van der Waals surface area (Å²) in [6.07, 6.45) is -4.84. The van der Waals surface area contributed by atoms with Crippen molar-refractivity contribution in [1.29, 1.82) is 0 Å². The molecular formula is C9H16F3NO2. The van der Waals surface area contributed by atoms with Crippen LogP contribution in [-0.4, -0.2) is 24.9 Å². The first-order valence-corrected chi connectivity index (χ1v) is 4.76. The molecule has 0 heterocycles. The smallest absolute Gasteiger partial charge is 0.422 e. The van der Waals surface area contributed by atoms with Crippen molar-refractivity contribution in [2.75, 3.05) is 6.61 Å². The molecule has 0 aromatic carbocycles. The van der Waals surface area contributed by atoms with Crippen LogP contribution in [-0.2, 0) is 4.74 Å². The second-order valence-corrected chi connectivity index (χ2v) is 3.59. The highest BCUT2D eigenvalue weighted by atomic mass is 19.4. The summed E-state index contributed by atoms with van der Waals surface area (Å²) >= 11 is 0. The molecule has 90 valence electrons. The van der Waals surface area contributed by atoms with Gasteiger partial charge in [0.15, 0.2) is 6.61 Å². The lowest BCUT2D eigenvalue weighted by atomic mass is 10.0. The van der Waals surface area contributed by atoms with Crippen molar-refractivity contribution in [2.45, 2.75) is 39.4 Å². The van der Waals surface area contributed by atoms with E-state index in [2.05, 4.69) is 10.1 Å². The van der Waals surface area contributed by atoms with E-state index in [9.17, 15) is 18.0 Å². The topological polar surface area (TPSA) is 38.3 Å². The molecule has 15 heavy (non-hydrogen) atoms. The number of rotatable bonds is 4. The first-order valence-electron chi connectivity index (χ1n) is 4.76. The van der Waals surface area contributed by atoms with E-state index in [0.29, 0.717) is 6.42 Å². The van der Waals surface area contributed by atoms with Crippen LogP contribution in [0.2, 0.25) is 0 Å². The molecule has 1 atom stereocenters. The van der Waals surface area contributed by atoms with Crippen LogP contribution in [0.25, 0.3) is 0 Å². The number of nitrogens with one attached hydrogen (secondary N) is 1. The van der Waals surface area contributed by atoms with E-state index in [4.69, 9.17) is 0 Å². The second-order valence-electron chi connectivity index (χ2n) is 3.59. The molecule has 0 unspecified atom stereocenters. The molecule has 0 aliphatic rings. The normalized spacial score (nSPS) is 13.8. The lowest BCUT2D eigenvalue weighted by Crippen LogP contribution is -2.39. The number of alkyl halides is 3. The van der Waals surface area contributed by atoms with Crippen LogP contribution in [0.15, 0.2) is 0 Å². The fraction of sp³-hybridized carbons (Fsp3) is 0.889. The monoisotopic (exact) mass is 227 g/mol. The molecule has 0 rings (SSSR count). The molecule has 3 nitrogen and oxygen atoms in total. The first-order chi connectivity index (χ1) is 6.76. The Morgan fingerprint density at radius 3 is 2.27 bits per heavy atom. The predicted molar refractivity (Wildman–Crippen MR) is 49.5 cm³/mol. The highest BCUT2D eigenvalue weighted by molar-refractivity contribution is 5.67.